The van der Waals surface area contributed by atoms with Crippen LogP contribution < -0.4 is 0 Å². The first-order chi connectivity index (χ1) is 7.63. The predicted molar refractivity (Wildman–Crippen MR) is 65.7 cm³/mol. The maximum atomic E-state index is 9.82. The number of hydrogen-bond acceptors (Lipinski definition) is 4. The summed E-state index contributed by atoms with van der Waals surface area (Å²) in [6.07, 6.45) is 0. The summed E-state index contributed by atoms with van der Waals surface area (Å²) in [6.45, 7) is 3.65. The summed E-state index contributed by atoms with van der Waals surface area (Å²) in [4.78, 5) is 17.0. The number of aromatic nitrogens is 2. The number of H-pyrrole nitrogens is 1. The normalized spacial score (nSPS) is 9.44. The molecule has 86 valence electrons. The third-order valence-corrected chi connectivity index (χ3v) is 1.94. The molecule has 0 amide bonds. The zero-order valence-corrected chi connectivity index (χ0v) is 10.1. The van der Waals surface area contributed by atoms with Crippen LogP contribution in [0.2, 0.25) is 0 Å². The van der Waals surface area contributed by atoms with E-state index in [2.05, 4.69) is 27.3 Å². The van der Waals surface area contributed by atoms with Gasteiger partial charge in [-0.05, 0) is 19.1 Å². The van der Waals surface area contributed by atoms with Crippen molar-refractivity contribution in [3.63, 3.8) is 0 Å². The van der Waals surface area contributed by atoms with Crippen LogP contribution in [0.15, 0.2) is 29.4 Å². The number of nitrogens with one attached hydrogen (secondary N) is 1. The molecule has 0 fully saturated rings. The van der Waals surface area contributed by atoms with Gasteiger partial charge in [0.1, 0.15) is 0 Å². The number of aromatic amines is 1. The fourth-order valence-electron chi connectivity index (χ4n) is 1.14. The molecule has 1 aromatic heterocycles. The van der Waals surface area contributed by atoms with E-state index in [9.17, 15) is 4.79 Å². The highest BCUT2D eigenvalue weighted by Crippen LogP contribution is 2.11. The molecule has 2 rings (SSSR count). The fourth-order valence-corrected chi connectivity index (χ4v) is 1.37. The number of para-hydroxylation sites is 2. The van der Waals surface area contributed by atoms with Gasteiger partial charge in [-0.3, -0.25) is 4.79 Å². The third-order valence-electron chi connectivity index (χ3n) is 1.72. The first-order valence-electron chi connectivity index (χ1n) is 4.90. The Kier molecular flexibility index (Phi) is 4.85. The molecule has 0 aliphatic carbocycles. The molecule has 4 nitrogen and oxygen atoms in total. The van der Waals surface area contributed by atoms with E-state index in [1.165, 1.54) is 6.92 Å². The number of ether oxygens (including phenoxy) is 1. The number of thiol groups is 1. The van der Waals surface area contributed by atoms with E-state index in [0.717, 1.165) is 11.0 Å². The molecule has 0 aliphatic heterocycles. The van der Waals surface area contributed by atoms with Crippen LogP contribution in [-0.2, 0) is 9.53 Å². The lowest BCUT2D eigenvalue weighted by atomic mass is 10.3. The van der Waals surface area contributed by atoms with E-state index in [4.69, 9.17) is 0 Å². The fraction of sp³-hybridized carbons (Fsp3) is 0.273. The number of hydrogen-bond donors (Lipinski definition) is 2. The monoisotopic (exact) mass is 238 g/mol. The zero-order valence-electron chi connectivity index (χ0n) is 9.23. The maximum Gasteiger partial charge on any atom is 0.302 e. The number of esters is 1. The quantitative estimate of drug-likeness (QED) is 0.592. The second-order valence-electron chi connectivity index (χ2n) is 3.00. The van der Waals surface area contributed by atoms with Gasteiger partial charge in [-0.15, -0.1) is 12.6 Å². The van der Waals surface area contributed by atoms with Gasteiger partial charge < -0.3 is 9.72 Å². The predicted octanol–water partition coefficient (Wildman–Crippen LogP) is 2.42. The Morgan fingerprint density at radius 2 is 2.19 bits per heavy atom. The van der Waals surface area contributed by atoms with Crippen molar-refractivity contribution in [1.29, 1.82) is 0 Å². The van der Waals surface area contributed by atoms with Gasteiger partial charge >= 0.3 is 5.97 Å². The first-order valence-corrected chi connectivity index (χ1v) is 5.35. The Hall–Kier alpha value is -1.49. The van der Waals surface area contributed by atoms with Gasteiger partial charge in [0.15, 0.2) is 5.16 Å². The zero-order chi connectivity index (χ0) is 12.0. The number of imidazole rings is 1. The molecule has 2 aromatic rings. The van der Waals surface area contributed by atoms with Gasteiger partial charge in [0.25, 0.3) is 0 Å². The first kappa shape index (κ1) is 12.6. The molecule has 16 heavy (non-hydrogen) atoms. The van der Waals surface area contributed by atoms with Crippen molar-refractivity contribution < 1.29 is 9.53 Å². The van der Waals surface area contributed by atoms with Gasteiger partial charge in [-0.2, -0.15) is 0 Å². The topological polar surface area (TPSA) is 55.0 Å². The van der Waals surface area contributed by atoms with Crippen molar-refractivity contribution >= 4 is 29.6 Å². The Bertz CT molecular complexity index is 435. The highest BCUT2D eigenvalue weighted by atomic mass is 32.1. The summed E-state index contributed by atoms with van der Waals surface area (Å²) in [5.41, 5.74) is 2.00. The lowest BCUT2D eigenvalue weighted by molar-refractivity contribution is -0.140. The highest BCUT2D eigenvalue weighted by Gasteiger charge is 1.94. The second-order valence-corrected chi connectivity index (χ2v) is 3.43. The Labute approximate surface area is 99.4 Å². The van der Waals surface area contributed by atoms with Crippen LogP contribution >= 0.6 is 12.6 Å². The van der Waals surface area contributed by atoms with Crippen LogP contribution in [0.3, 0.4) is 0 Å². The van der Waals surface area contributed by atoms with Crippen LogP contribution in [0.25, 0.3) is 11.0 Å². The van der Waals surface area contributed by atoms with E-state index in [-0.39, 0.29) is 5.97 Å². The summed E-state index contributed by atoms with van der Waals surface area (Å²) >= 11 is 4.08. The van der Waals surface area contributed by atoms with Gasteiger partial charge in [-0.25, -0.2) is 4.98 Å². The molecule has 0 spiro atoms. The minimum Gasteiger partial charge on any atom is -0.466 e. The van der Waals surface area contributed by atoms with Crippen molar-refractivity contribution in [3.05, 3.63) is 24.3 Å². The third kappa shape index (κ3) is 3.94. The average molecular weight is 238 g/mol. The molecule has 1 N–H and O–H groups in total. The van der Waals surface area contributed by atoms with E-state index in [1.54, 1.807) is 6.92 Å². The minimum absolute atomic E-state index is 0.211. The van der Waals surface area contributed by atoms with Gasteiger partial charge in [0, 0.05) is 6.92 Å². The van der Waals surface area contributed by atoms with E-state index in [0.29, 0.717) is 11.8 Å². The van der Waals surface area contributed by atoms with Gasteiger partial charge in [0.05, 0.1) is 17.6 Å². The largest absolute Gasteiger partial charge is 0.466 e. The Morgan fingerprint density at radius 1 is 1.50 bits per heavy atom. The standard InChI is InChI=1S/C7H6N2S.C4H8O2/c10-7-8-5-3-1-2-4-6(5)9-7;1-3-6-4(2)5/h1-4H,(H2,8,9,10);3H2,1-2H3. The Morgan fingerprint density at radius 3 is 2.69 bits per heavy atom. The molecule has 1 heterocycles. The minimum atomic E-state index is -0.211. The number of benzene rings is 1. The van der Waals surface area contributed by atoms with Crippen molar-refractivity contribution in [2.75, 3.05) is 6.61 Å². The number of fused-ring (bicyclic) bond motifs is 1. The summed E-state index contributed by atoms with van der Waals surface area (Å²) in [7, 11) is 0. The second kappa shape index (κ2) is 6.17. The molecule has 0 saturated heterocycles. The molecule has 1 aromatic carbocycles. The maximum absolute atomic E-state index is 9.82. The molecule has 0 atom stereocenters. The van der Waals surface area contributed by atoms with Crippen molar-refractivity contribution in [3.8, 4) is 0 Å². The number of nitrogens with zero attached hydrogens (tertiary/aromatic N) is 1. The lowest BCUT2D eigenvalue weighted by Gasteiger charge is -1.89. The molecular weight excluding hydrogens is 224 g/mol. The van der Waals surface area contributed by atoms with Gasteiger partial charge in [-0.1, -0.05) is 12.1 Å². The number of carbonyl (C=O) groups is 1. The van der Waals surface area contributed by atoms with E-state index in [1.807, 2.05) is 24.3 Å². The van der Waals surface area contributed by atoms with Crippen LogP contribution in [0.4, 0.5) is 0 Å². The highest BCUT2D eigenvalue weighted by molar-refractivity contribution is 7.80. The van der Waals surface area contributed by atoms with Crippen molar-refractivity contribution in [1.82, 2.24) is 9.97 Å². The van der Waals surface area contributed by atoms with Crippen LogP contribution in [0.5, 0.6) is 0 Å². The van der Waals surface area contributed by atoms with E-state index < -0.39 is 0 Å². The van der Waals surface area contributed by atoms with Gasteiger partial charge in [0.2, 0.25) is 0 Å². The van der Waals surface area contributed by atoms with Crippen molar-refractivity contribution in [2.24, 2.45) is 0 Å². The molecular formula is C11H14N2O2S. The summed E-state index contributed by atoms with van der Waals surface area (Å²) in [5.74, 6) is -0.211. The number of rotatable bonds is 1. The molecule has 5 heteroatoms. The van der Waals surface area contributed by atoms with E-state index >= 15 is 0 Å². The smallest absolute Gasteiger partial charge is 0.302 e. The molecule has 0 saturated carbocycles. The summed E-state index contributed by atoms with van der Waals surface area (Å²) in [5, 5.41) is 0.668. The molecule has 0 bridgehead atoms. The summed E-state index contributed by atoms with van der Waals surface area (Å²) < 4.78 is 4.40. The average Bonchev–Trinajstić information content (AvgIpc) is 2.58. The molecule has 0 unspecified atom stereocenters. The Balaban J connectivity index is 0.000000187. The lowest BCUT2D eigenvalue weighted by Crippen LogP contribution is -1.95. The van der Waals surface area contributed by atoms with Crippen molar-refractivity contribution in [2.45, 2.75) is 19.0 Å². The van der Waals surface area contributed by atoms with Crippen LogP contribution in [0, 0.1) is 0 Å². The molecule has 0 radical (unpaired) electrons. The van der Waals surface area contributed by atoms with Crippen LogP contribution in [-0.4, -0.2) is 22.5 Å². The number of carbonyl (C=O) groups excluding carboxylic acids is 1. The SMILES string of the molecule is CCOC(C)=O.Sc1nc2ccccc2[nH]1. The summed E-state index contributed by atoms with van der Waals surface area (Å²) in [6, 6.07) is 7.84. The molecule has 0 aliphatic rings. The van der Waals surface area contributed by atoms with Crippen LogP contribution in [0.1, 0.15) is 13.8 Å².